The number of nitro groups is 1. The van der Waals surface area contributed by atoms with Crippen molar-refractivity contribution < 1.29 is 80.3 Å². The molecule has 5 rings (SSSR count). The molecule has 0 radical (unpaired) electrons. The van der Waals surface area contributed by atoms with Gasteiger partial charge in [0.05, 0.1) is 39.5 Å². The number of alkyl halides is 6. The zero-order valence-corrected chi connectivity index (χ0v) is 45.2. The van der Waals surface area contributed by atoms with Crippen LogP contribution in [-0.4, -0.2) is 113 Å². The zero-order valence-electron chi connectivity index (χ0n) is 41.3. The number of hydrogen-bond acceptors (Lipinski definition) is 14. The second-order valence-electron chi connectivity index (χ2n) is 15.7. The summed E-state index contributed by atoms with van der Waals surface area (Å²) in [5.41, 5.74) is 6.78. The topological polar surface area (TPSA) is 265 Å². The Hall–Kier alpha value is -5.71. The van der Waals surface area contributed by atoms with E-state index >= 15 is 0 Å². The normalized spacial score (nSPS) is 13.8. The van der Waals surface area contributed by atoms with Crippen LogP contribution in [0.4, 0.5) is 30.2 Å². The van der Waals surface area contributed by atoms with E-state index < -0.39 is 70.7 Å². The lowest BCUT2D eigenvalue weighted by molar-refractivity contribution is -0.385. The second kappa shape index (κ2) is 31.4. The number of benzene rings is 4. The number of nitro benzene ring substituents is 1. The van der Waals surface area contributed by atoms with Crippen molar-refractivity contribution in [3.8, 4) is 17.2 Å². The molecule has 3 atom stereocenters. The number of fused-ring (bicyclic) bond motifs is 1. The fraction of sp³-hybridized carbons (Fsp3) is 0.396. The molecule has 0 aliphatic carbocycles. The molecule has 1 aliphatic rings. The third kappa shape index (κ3) is 21.4. The fourth-order valence-electron chi connectivity index (χ4n) is 6.34. The number of carbonyl (C=O) groups is 5. The first-order valence-corrected chi connectivity index (χ1v) is 26.5. The van der Waals surface area contributed by atoms with E-state index in [-0.39, 0.29) is 66.2 Å². The Bertz CT molecular complexity index is 2650. The predicted octanol–water partition coefficient (Wildman–Crippen LogP) is 10.2. The maximum atomic E-state index is 12.7. The average molecular weight is 1160 g/mol. The summed E-state index contributed by atoms with van der Waals surface area (Å²) >= 11 is 22.7. The number of amides is 2. The van der Waals surface area contributed by atoms with Gasteiger partial charge in [0.2, 0.25) is 5.91 Å². The number of aliphatic carboxylic acids is 1. The van der Waals surface area contributed by atoms with Crippen LogP contribution in [0.2, 0.25) is 5.02 Å². The van der Waals surface area contributed by atoms with Gasteiger partial charge in [0.15, 0.2) is 18.8 Å². The summed E-state index contributed by atoms with van der Waals surface area (Å²) in [5, 5.41) is 19.1. The maximum Gasteiger partial charge on any atom is 0.416 e. The molecule has 4 aromatic rings. The van der Waals surface area contributed by atoms with Gasteiger partial charge < -0.3 is 44.3 Å². The van der Waals surface area contributed by atoms with Gasteiger partial charge >= 0.3 is 24.1 Å². The van der Waals surface area contributed by atoms with Gasteiger partial charge in [-0.1, -0.05) is 72.1 Å². The van der Waals surface area contributed by atoms with Gasteiger partial charge in [0.25, 0.3) is 11.6 Å². The van der Waals surface area contributed by atoms with Crippen LogP contribution in [0.15, 0.2) is 78.9 Å². The molecule has 1 heterocycles. The lowest BCUT2D eigenvalue weighted by Crippen LogP contribution is -2.47. The lowest BCUT2D eigenvalue weighted by atomic mass is 10.0. The van der Waals surface area contributed by atoms with E-state index in [0.29, 0.717) is 25.0 Å². The highest BCUT2D eigenvalue weighted by molar-refractivity contribution is 7.57. The average Bonchev–Trinajstić information content (AvgIpc) is 3.35. The molecule has 27 heteroatoms. The number of carboxylic acid groups (broad SMARTS) is 1. The van der Waals surface area contributed by atoms with E-state index in [1.165, 1.54) is 13.6 Å². The van der Waals surface area contributed by atoms with Crippen LogP contribution in [-0.2, 0) is 50.6 Å². The summed E-state index contributed by atoms with van der Waals surface area (Å²) in [6, 6.07) is 17.6. The van der Waals surface area contributed by atoms with Crippen molar-refractivity contribution in [1.82, 2.24) is 0 Å². The molecule has 0 saturated heterocycles. The highest BCUT2D eigenvalue weighted by Gasteiger charge is 2.33. The number of ether oxygens (including phenoxy) is 5. The minimum atomic E-state index is -4.61. The molecule has 1 aliphatic heterocycles. The molecular formula is C48H56Cl4F3N4O15P. The van der Waals surface area contributed by atoms with Crippen molar-refractivity contribution in [2.45, 2.75) is 70.6 Å². The molecule has 0 aromatic heterocycles. The first kappa shape index (κ1) is 65.4. The second-order valence-corrected chi connectivity index (χ2v) is 20.0. The summed E-state index contributed by atoms with van der Waals surface area (Å²) in [6.45, 7) is 11.1. The van der Waals surface area contributed by atoms with Gasteiger partial charge in [-0.15, -0.1) is 11.6 Å². The number of carbonyl (C=O) groups excluding carboxylic acids is 4. The molecule has 0 bridgehead atoms. The number of rotatable bonds is 18. The van der Waals surface area contributed by atoms with Crippen LogP contribution < -0.4 is 25.0 Å². The first-order chi connectivity index (χ1) is 35.1. The molecule has 0 spiro atoms. The van der Waals surface area contributed by atoms with Crippen molar-refractivity contribution in [1.29, 1.82) is 0 Å². The van der Waals surface area contributed by atoms with Gasteiger partial charge in [-0.3, -0.25) is 34.0 Å². The van der Waals surface area contributed by atoms with Crippen LogP contribution >= 0.6 is 53.8 Å². The number of esters is 2. The summed E-state index contributed by atoms with van der Waals surface area (Å²) in [6.07, 6.45) is -3.74. The summed E-state index contributed by atoms with van der Waals surface area (Å²) in [5.74, 6) is -3.29. The molecule has 412 valence electrons. The maximum absolute atomic E-state index is 12.7. The van der Waals surface area contributed by atoms with E-state index in [1.807, 2.05) is 63.2 Å². The van der Waals surface area contributed by atoms with Gasteiger partial charge in [0.1, 0.15) is 48.1 Å². The minimum Gasteiger partial charge on any atom is -0.489 e. The smallest absolute Gasteiger partial charge is 0.416 e. The van der Waals surface area contributed by atoms with E-state index in [1.54, 1.807) is 9.80 Å². The summed E-state index contributed by atoms with van der Waals surface area (Å²) < 4.78 is 74.3. The first-order valence-electron chi connectivity index (χ1n) is 22.4. The number of para-hydroxylation sites is 3. The summed E-state index contributed by atoms with van der Waals surface area (Å²) in [4.78, 5) is 78.6. The molecule has 0 saturated carbocycles. The number of halogens is 7. The molecule has 75 heavy (non-hydrogen) atoms. The van der Waals surface area contributed by atoms with E-state index in [2.05, 4.69) is 11.7 Å². The zero-order chi connectivity index (χ0) is 56.8. The Morgan fingerprint density at radius 1 is 1.00 bits per heavy atom. The van der Waals surface area contributed by atoms with Crippen LogP contribution in [0.5, 0.6) is 17.2 Å². The van der Waals surface area contributed by atoms with E-state index in [9.17, 15) is 51.8 Å². The third-order valence-corrected chi connectivity index (χ3v) is 11.9. The van der Waals surface area contributed by atoms with Crippen molar-refractivity contribution in [2.75, 3.05) is 61.7 Å². The van der Waals surface area contributed by atoms with E-state index in [0.717, 1.165) is 59.3 Å². The Kier molecular flexibility index (Phi) is 27.4. The molecule has 3 unspecified atom stereocenters. The Labute approximate surface area is 450 Å². The number of aryl methyl sites for hydroxylation is 2. The van der Waals surface area contributed by atoms with Crippen molar-refractivity contribution in [3.05, 3.63) is 116 Å². The quantitative estimate of drug-likeness (QED) is 0.0209. The summed E-state index contributed by atoms with van der Waals surface area (Å²) in [7, 11) is -3.10. The Balaban J connectivity index is 0.000000367. The van der Waals surface area contributed by atoms with Crippen LogP contribution in [0.25, 0.3) is 0 Å². The Morgan fingerprint density at radius 2 is 1.67 bits per heavy atom. The molecule has 19 nitrogen and oxygen atoms in total. The van der Waals surface area contributed by atoms with Crippen LogP contribution in [0.1, 0.15) is 61.2 Å². The van der Waals surface area contributed by atoms with Gasteiger partial charge in [-0.2, -0.15) is 13.2 Å². The molecule has 0 fully saturated rings. The largest absolute Gasteiger partial charge is 0.489 e. The van der Waals surface area contributed by atoms with Crippen molar-refractivity contribution in [3.63, 3.8) is 0 Å². The van der Waals surface area contributed by atoms with E-state index in [4.69, 9.17) is 81.1 Å². The van der Waals surface area contributed by atoms with Gasteiger partial charge in [-0.05, 0) is 88.1 Å². The number of anilines is 2. The number of nitrogens with two attached hydrogens (primary N) is 1. The SMILES string of the molecule is CC1COc2ccccc2N1C(=O)C(Cl)Cl.CCOC(=O)COC(=O)c1cc(Oc2ccc(C(F)(F)F)cc2Cl)ccc1[N+](=O)[O-].CCOCN(C(=O)CCl)c1c(C)cccc1CC.CP(=O)(O)CCC(N)C(=O)O. The Morgan fingerprint density at radius 3 is 2.21 bits per heavy atom. The standard InChI is InChI=1S/C18H13ClF3NO7.C14H20ClNO2.C11H11Cl2NO2.C5H12NO4P/c1-2-28-16(24)9-29-17(25)12-8-11(4-5-14(12)23(26)27)30-15-6-3-10(7-13(15)19)18(20,21)22;1-4-12-8-6-7-11(3)14(12)16(10-18-5-2)13(17)9-15;1-7-6-16-9-5-3-2-4-8(9)14(7)11(15)10(12)13;1-11(9,10)3-2-4(6)5(7)8/h3-8H,2,9H2,1H3;6-8H,4-5,9-10H2,1-3H3;2-5,7,10H,6H2,1H3;4H,2-3,6H2,1H3,(H,7,8)(H,9,10). The van der Waals surface area contributed by atoms with Crippen LogP contribution in [0, 0.1) is 17.0 Å². The third-order valence-electron chi connectivity index (χ3n) is 9.95. The van der Waals surface area contributed by atoms with Gasteiger partial charge in [-0.25, -0.2) is 9.59 Å². The highest BCUT2D eigenvalue weighted by atomic mass is 35.5. The predicted molar refractivity (Wildman–Crippen MR) is 277 cm³/mol. The number of hydrogen-bond donors (Lipinski definition) is 3. The van der Waals surface area contributed by atoms with Crippen LogP contribution in [0.3, 0.4) is 0 Å². The van der Waals surface area contributed by atoms with Gasteiger partial charge in [0, 0.05) is 31.6 Å². The molecule has 4 N–H and O–H groups in total. The molecular weight excluding hydrogens is 1100 g/mol. The van der Waals surface area contributed by atoms with Crippen molar-refractivity contribution >= 4 is 101 Å². The highest BCUT2D eigenvalue weighted by Crippen LogP contribution is 2.38. The monoisotopic (exact) mass is 1160 g/mol. The molecule has 2 amide bonds. The fourth-order valence-corrected chi connectivity index (χ4v) is 7.68. The number of carboxylic acids is 1. The number of nitrogens with zero attached hydrogens (tertiary/aromatic N) is 3. The van der Waals surface area contributed by atoms with Crippen molar-refractivity contribution in [2.24, 2.45) is 5.73 Å². The molecule has 4 aromatic carbocycles. The minimum absolute atomic E-state index is 0.0371. The lowest BCUT2D eigenvalue weighted by Gasteiger charge is -2.35.